The zero-order valence-electron chi connectivity index (χ0n) is 8.74. The fourth-order valence-corrected chi connectivity index (χ4v) is 0. The number of carbonyl (C=O) groups excluding carboxylic acids is 2. The molecular weight excluding hydrogens is 310 g/mol. The van der Waals surface area contributed by atoms with Gasteiger partial charge in [-0.25, -0.2) is 0 Å². The fourth-order valence-electron chi connectivity index (χ4n) is 0. The van der Waals surface area contributed by atoms with Crippen molar-refractivity contribution in [2.75, 3.05) is 0 Å². The van der Waals surface area contributed by atoms with Gasteiger partial charge in [0.25, 0.3) is 0 Å². The number of aliphatic carboxylic acids is 2. The van der Waals surface area contributed by atoms with Gasteiger partial charge < -0.3 is 36.8 Å². The number of halogens is 1. The molecule has 0 saturated carbocycles. The average molecular weight is 324 g/mol. The first kappa shape index (κ1) is 23.7. The predicted molar refractivity (Wildman–Crippen MR) is 45.4 cm³/mol. The molecule has 0 saturated heterocycles. The Kier molecular flexibility index (Phi) is 22.1. The third kappa shape index (κ3) is 22.7. The van der Waals surface area contributed by atoms with Crippen molar-refractivity contribution in [2.45, 2.75) is 27.7 Å². The van der Waals surface area contributed by atoms with Gasteiger partial charge in [-0.2, -0.15) is 0 Å². The summed E-state index contributed by atoms with van der Waals surface area (Å²) < 4.78 is 0. The van der Waals surface area contributed by atoms with Crippen LogP contribution in [0.2, 0.25) is 0 Å². The molecule has 0 aromatic rings. The van der Waals surface area contributed by atoms with Gasteiger partial charge in [-0.05, 0) is 11.8 Å². The minimum atomic E-state index is -0.991. The summed E-state index contributed by atoms with van der Waals surface area (Å²) in [5.41, 5.74) is 0. The number of hydrogen-bond acceptors (Lipinski definition) is 4. The molecule has 0 aliphatic heterocycles. The molecule has 0 aliphatic rings. The van der Waals surface area contributed by atoms with Crippen LogP contribution < -0.4 is 27.2 Å². The van der Waals surface area contributed by atoms with Gasteiger partial charge >= 0.3 is 19.8 Å². The average Bonchev–Trinajstić information content (AvgIpc) is 1.88. The molecule has 0 aliphatic carbocycles. The summed E-state index contributed by atoms with van der Waals surface area (Å²) in [6, 6.07) is 0. The smallest absolute Gasteiger partial charge is 1.00 e. The summed E-state index contributed by atoms with van der Waals surface area (Å²) in [7, 11) is 0. The molecular formula is C8H14BrGaO4. The molecule has 4 nitrogen and oxygen atoms in total. The third-order valence-corrected chi connectivity index (χ3v) is 0.943. The van der Waals surface area contributed by atoms with Gasteiger partial charge in [-0.15, -0.1) is 0 Å². The van der Waals surface area contributed by atoms with Crippen molar-refractivity contribution in [1.29, 1.82) is 0 Å². The largest absolute Gasteiger partial charge is 3.00 e. The van der Waals surface area contributed by atoms with E-state index in [0.717, 1.165) is 0 Å². The number of carboxylic acids is 2. The molecule has 6 heteroatoms. The minimum absolute atomic E-state index is 0. The van der Waals surface area contributed by atoms with Crippen molar-refractivity contribution in [3.8, 4) is 0 Å². The molecule has 0 bridgehead atoms. The molecule has 0 fully saturated rings. The van der Waals surface area contributed by atoms with Crippen molar-refractivity contribution in [3.63, 3.8) is 0 Å². The molecule has 0 spiro atoms. The maximum Gasteiger partial charge on any atom is 3.00 e. The van der Waals surface area contributed by atoms with Crippen LogP contribution in [-0.2, 0) is 9.59 Å². The van der Waals surface area contributed by atoms with Crippen molar-refractivity contribution in [1.82, 2.24) is 0 Å². The van der Waals surface area contributed by atoms with Crippen LogP contribution in [-0.4, -0.2) is 31.7 Å². The Hall–Kier alpha value is 0.0564. The van der Waals surface area contributed by atoms with E-state index in [2.05, 4.69) is 0 Å². The molecule has 80 valence electrons. The fraction of sp³-hybridized carbons (Fsp3) is 0.750. The summed E-state index contributed by atoms with van der Waals surface area (Å²) in [6.07, 6.45) is 0. The summed E-state index contributed by atoms with van der Waals surface area (Å²) in [6.45, 7) is 6.31. The summed E-state index contributed by atoms with van der Waals surface area (Å²) in [4.78, 5) is 19.2. The Morgan fingerprint density at radius 1 is 0.857 bits per heavy atom. The van der Waals surface area contributed by atoms with Gasteiger partial charge in [0.1, 0.15) is 0 Å². The normalized spacial score (nSPS) is 7.86. The van der Waals surface area contributed by atoms with Crippen LogP contribution in [0.1, 0.15) is 27.7 Å². The quantitative estimate of drug-likeness (QED) is 0.479. The summed E-state index contributed by atoms with van der Waals surface area (Å²) >= 11 is 0. The number of hydrogen-bond donors (Lipinski definition) is 0. The second-order valence-electron chi connectivity index (χ2n) is 2.95. The topological polar surface area (TPSA) is 80.3 Å². The second-order valence-corrected chi connectivity index (χ2v) is 2.95. The standard InChI is InChI=1S/2C4H8O2.BrH.Ga/c2*1-3(2)4(5)6;;/h2*3H,1-2H3,(H,5,6);1H;/q;;;+3/p-3. The van der Waals surface area contributed by atoms with E-state index < -0.39 is 11.9 Å². The number of carbonyl (C=O) groups is 2. The second kappa shape index (κ2) is 13.1. The molecule has 0 aromatic heterocycles. The van der Waals surface area contributed by atoms with E-state index >= 15 is 0 Å². The first-order chi connectivity index (χ1) is 5.29. The first-order valence-corrected chi connectivity index (χ1v) is 3.70. The van der Waals surface area contributed by atoms with Crippen LogP contribution in [0.5, 0.6) is 0 Å². The van der Waals surface area contributed by atoms with E-state index in [1.54, 1.807) is 27.7 Å². The van der Waals surface area contributed by atoms with Crippen molar-refractivity contribution < 1.29 is 36.8 Å². The van der Waals surface area contributed by atoms with E-state index in [1.165, 1.54) is 0 Å². The molecule has 0 rings (SSSR count). The predicted octanol–water partition coefficient (Wildman–Crippen LogP) is -4.59. The molecule has 0 N–H and O–H groups in total. The van der Waals surface area contributed by atoms with E-state index in [-0.39, 0.29) is 48.6 Å². The van der Waals surface area contributed by atoms with Gasteiger partial charge in [0.05, 0.1) is 0 Å². The monoisotopic (exact) mass is 322 g/mol. The van der Waals surface area contributed by atoms with E-state index in [4.69, 9.17) is 0 Å². The minimum Gasteiger partial charge on any atom is -1.00 e. The Morgan fingerprint density at radius 2 is 0.929 bits per heavy atom. The van der Waals surface area contributed by atoms with E-state index in [9.17, 15) is 19.8 Å². The van der Waals surface area contributed by atoms with Gasteiger partial charge in [-0.3, -0.25) is 0 Å². The zero-order valence-corrected chi connectivity index (χ0v) is 12.8. The maximum absolute atomic E-state index is 9.59. The number of rotatable bonds is 2. The van der Waals surface area contributed by atoms with Gasteiger partial charge in [0, 0.05) is 11.9 Å². The van der Waals surface area contributed by atoms with Crippen molar-refractivity contribution >= 4 is 31.7 Å². The van der Waals surface area contributed by atoms with Crippen LogP contribution >= 0.6 is 0 Å². The molecule has 0 atom stereocenters. The van der Waals surface area contributed by atoms with Gasteiger partial charge in [-0.1, -0.05) is 27.7 Å². The maximum atomic E-state index is 9.59. The summed E-state index contributed by atoms with van der Waals surface area (Å²) in [5.74, 6) is -2.67. The SMILES string of the molecule is CC(C)C(=O)[O-].CC(C)C(=O)[O-].[Br-].[Ga+3]. The Morgan fingerprint density at radius 3 is 0.929 bits per heavy atom. The Balaban J connectivity index is -0.0000000625. The molecule has 14 heavy (non-hydrogen) atoms. The first-order valence-electron chi connectivity index (χ1n) is 3.70. The Labute approximate surface area is 108 Å². The van der Waals surface area contributed by atoms with Crippen LogP contribution in [0, 0.1) is 11.8 Å². The van der Waals surface area contributed by atoms with E-state index in [0.29, 0.717) is 0 Å². The van der Waals surface area contributed by atoms with Crippen LogP contribution in [0.4, 0.5) is 0 Å². The Bertz CT molecular complexity index is 141. The van der Waals surface area contributed by atoms with Crippen molar-refractivity contribution in [3.05, 3.63) is 0 Å². The van der Waals surface area contributed by atoms with Crippen LogP contribution in [0.3, 0.4) is 0 Å². The molecule has 0 unspecified atom stereocenters. The molecule has 0 radical (unpaired) electrons. The van der Waals surface area contributed by atoms with Crippen LogP contribution in [0.15, 0.2) is 0 Å². The molecule has 0 heterocycles. The van der Waals surface area contributed by atoms with Gasteiger partial charge in [0.2, 0.25) is 0 Å². The zero-order chi connectivity index (χ0) is 10.3. The van der Waals surface area contributed by atoms with E-state index in [1.807, 2.05) is 0 Å². The molecule has 0 amide bonds. The number of carboxylic acid groups (broad SMARTS) is 2. The van der Waals surface area contributed by atoms with Gasteiger partial charge in [0.15, 0.2) is 0 Å². The van der Waals surface area contributed by atoms with Crippen molar-refractivity contribution in [2.24, 2.45) is 11.8 Å². The third-order valence-electron chi connectivity index (χ3n) is 0.943. The summed E-state index contributed by atoms with van der Waals surface area (Å²) in [5, 5.41) is 19.2. The van der Waals surface area contributed by atoms with Crippen LogP contribution in [0.25, 0.3) is 0 Å². The molecule has 0 aromatic carbocycles.